The van der Waals surface area contributed by atoms with E-state index in [1.54, 1.807) is 11.3 Å². The van der Waals surface area contributed by atoms with Crippen LogP contribution in [-0.4, -0.2) is 24.5 Å². The maximum atomic E-state index is 5.94. The first-order chi connectivity index (χ1) is 8.72. The van der Waals surface area contributed by atoms with Gasteiger partial charge >= 0.3 is 0 Å². The largest absolute Gasteiger partial charge is 0.329 e. The van der Waals surface area contributed by atoms with Crippen molar-refractivity contribution in [3.05, 3.63) is 44.8 Å². The van der Waals surface area contributed by atoms with Gasteiger partial charge in [-0.3, -0.25) is 4.90 Å². The molecule has 2 aromatic rings. The molecule has 0 saturated heterocycles. The Bertz CT molecular complexity index is 436. The fourth-order valence-corrected chi connectivity index (χ4v) is 3.71. The highest BCUT2D eigenvalue weighted by Crippen LogP contribution is 2.24. The van der Waals surface area contributed by atoms with Crippen LogP contribution >= 0.6 is 22.7 Å². The second-order valence-electron chi connectivity index (χ2n) is 4.61. The van der Waals surface area contributed by atoms with Gasteiger partial charge in [0, 0.05) is 23.5 Å². The summed E-state index contributed by atoms with van der Waals surface area (Å²) in [5.41, 5.74) is 7.28. The Morgan fingerprint density at radius 3 is 2.72 bits per heavy atom. The number of hydrogen-bond acceptors (Lipinski definition) is 4. The molecular formula is C14H20N2S2. The predicted octanol–water partition coefficient (Wildman–Crippen LogP) is 3.37. The maximum absolute atomic E-state index is 5.94. The summed E-state index contributed by atoms with van der Waals surface area (Å²) in [6, 6.07) is 7.32. The van der Waals surface area contributed by atoms with E-state index in [0.717, 1.165) is 6.42 Å². The predicted molar refractivity (Wildman–Crippen MR) is 81.4 cm³/mol. The van der Waals surface area contributed by atoms with Gasteiger partial charge in [0.2, 0.25) is 0 Å². The molecule has 0 saturated carbocycles. The van der Waals surface area contributed by atoms with E-state index >= 15 is 0 Å². The monoisotopic (exact) mass is 280 g/mol. The number of nitrogens with zero attached hydrogens (tertiary/aromatic N) is 1. The molecule has 2 nitrogen and oxygen atoms in total. The van der Waals surface area contributed by atoms with E-state index in [-0.39, 0.29) is 0 Å². The van der Waals surface area contributed by atoms with Crippen LogP contribution in [0, 0.1) is 0 Å². The van der Waals surface area contributed by atoms with E-state index in [0.29, 0.717) is 18.6 Å². The Kier molecular flexibility index (Phi) is 4.95. The van der Waals surface area contributed by atoms with Crippen molar-refractivity contribution in [2.45, 2.75) is 25.4 Å². The number of hydrogen-bond donors (Lipinski definition) is 1. The quantitative estimate of drug-likeness (QED) is 0.879. The molecule has 0 fully saturated rings. The Morgan fingerprint density at radius 2 is 2.17 bits per heavy atom. The lowest BCUT2D eigenvalue weighted by molar-refractivity contribution is 0.189. The Morgan fingerprint density at radius 1 is 1.33 bits per heavy atom. The standard InChI is InChI=1S/C14H20N2S2/c1-11(8-13-4-3-6-18-13)16(2)14(9-15)12-5-7-17-10-12/h3-7,10-11,14H,8-9,15H2,1-2H3. The Hall–Kier alpha value is -0.680. The zero-order chi connectivity index (χ0) is 13.0. The third kappa shape index (κ3) is 3.20. The molecule has 98 valence electrons. The van der Waals surface area contributed by atoms with Gasteiger partial charge in [-0.1, -0.05) is 6.07 Å². The Balaban J connectivity index is 2.02. The summed E-state index contributed by atoms with van der Waals surface area (Å²) in [6.45, 7) is 2.94. The van der Waals surface area contributed by atoms with Crippen molar-refractivity contribution in [3.63, 3.8) is 0 Å². The summed E-state index contributed by atoms with van der Waals surface area (Å²) in [5, 5.41) is 6.46. The van der Waals surface area contributed by atoms with Gasteiger partial charge < -0.3 is 5.73 Å². The fraction of sp³-hybridized carbons (Fsp3) is 0.429. The average molecular weight is 280 g/mol. The highest BCUT2D eigenvalue weighted by atomic mass is 32.1. The van der Waals surface area contributed by atoms with Crippen LogP contribution in [0.25, 0.3) is 0 Å². The molecule has 0 bridgehead atoms. The van der Waals surface area contributed by atoms with Crippen molar-refractivity contribution in [1.29, 1.82) is 0 Å². The van der Waals surface area contributed by atoms with E-state index in [4.69, 9.17) is 5.73 Å². The molecule has 2 unspecified atom stereocenters. The highest BCUT2D eigenvalue weighted by Gasteiger charge is 2.20. The van der Waals surface area contributed by atoms with Crippen LogP contribution in [-0.2, 0) is 6.42 Å². The van der Waals surface area contributed by atoms with Crippen LogP contribution in [0.3, 0.4) is 0 Å². The summed E-state index contributed by atoms with van der Waals surface area (Å²) < 4.78 is 0. The van der Waals surface area contributed by atoms with Crippen LogP contribution < -0.4 is 5.73 Å². The van der Waals surface area contributed by atoms with Gasteiger partial charge in [-0.25, -0.2) is 0 Å². The normalized spacial score (nSPS) is 14.9. The van der Waals surface area contributed by atoms with Crippen molar-refractivity contribution in [2.75, 3.05) is 13.6 Å². The molecule has 4 heteroatoms. The highest BCUT2D eigenvalue weighted by molar-refractivity contribution is 7.09. The molecule has 0 radical (unpaired) electrons. The molecule has 2 N–H and O–H groups in total. The van der Waals surface area contributed by atoms with E-state index in [9.17, 15) is 0 Å². The summed E-state index contributed by atoms with van der Waals surface area (Å²) in [6.07, 6.45) is 1.09. The van der Waals surface area contributed by atoms with Gasteiger partial charge in [-0.15, -0.1) is 11.3 Å². The van der Waals surface area contributed by atoms with E-state index in [2.05, 4.69) is 53.2 Å². The third-order valence-corrected chi connectivity index (χ3v) is 5.01. The van der Waals surface area contributed by atoms with Gasteiger partial charge in [0.25, 0.3) is 0 Å². The molecule has 18 heavy (non-hydrogen) atoms. The van der Waals surface area contributed by atoms with Crippen LogP contribution in [0.2, 0.25) is 0 Å². The molecule has 0 amide bonds. The van der Waals surface area contributed by atoms with E-state index < -0.39 is 0 Å². The minimum atomic E-state index is 0.325. The molecule has 0 aliphatic rings. The molecule has 0 aliphatic carbocycles. The second-order valence-corrected chi connectivity index (χ2v) is 6.42. The minimum absolute atomic E-state index is 0.325. The van der Waals surface area contributed by atoms with Crippen molar-refractivity contribution < 1.29 is 0 Å². The van der Waals surface area contributed by atoms with E-state index in [1.165, 1.54) is 10.4 Å². The first-order valence-corrected chi connectivity index (χ1v) is 8.01. The van der Waals surface area contributed by atoms with Gasteiger partial charge in [-0.05, 0) is 54.2 Å². The second kappa shape index (κ2) is 6.48. The van der Waals surface area contributed by atoms with Crippen molar-refractivity contribution in [1.82, 2.24) is 4.90 Å². The number of rotatable bonds is 6. The van der Waals surface area contributed by atoms with Crippen molar-refractivity contribution >= 4 is 22.7 Å². The zero-order valence-electron chi connectivity index (χ0n) is 10.9. The van der Waals surface area contributed by atoms with Crippen LogP contribution in [0.1, 0.15) is 23.4 Å². The molecule has 0 aliphatic heterocycles. The van der Waals surface area contributed by atoms with Gasteiger partial charge in [0.1, 0.15) is 0 Å². The third-order valence-electron chi connectivity index (χ3n) is 3.41. The lowest BCUT2D eigenvalue weighted by atomic mass is 10.1. The molecule has 2 heterocycles. The SMILES string of the molecule is CC(Cc1cccs1)N(C)C(CN)c1ccsc1. The smallest absolute Gasteiger partial charge is 0.0478 e. The molecule has 0 aromatic carbocycles. The van der Waals surface area contributed by atoms with Gasteiger partial charge in [0.15, 0.2) is 0 Å². The van der Waals surface area contributed by atoms with Crippen LogP contribution in [0.5, 0.6) is 0 Å². The first kappa shape index (κ1) is 13.7. The molecular weight excluding hydrogens is 260 g/mol. The summed E-state index contributed by atoms with van der Waals surface area (Å²) in [4.78, 5) is 3.83. The van der Waals surface area contributed by atoms with Gasteiger partial charge in [-0.2, -0.15) is 11.3 Å². The van der Waals surface area contributed by atoms with Crippen molar-refractivity contribution in [3.8, 4) is 0 Å². The average Bonchev–Trinajstić information content (AvgIpc) is 3.02. The van der Waals surface area contributed by atoms with Gasteiger partial charge in [0.05, 0.1) is 0 Å². The number of thiophene rings is 2. The lowest BCUT2D eigenvalue weighted by Gasteiger charge is -2.32. The van der Waals surface area contributed by atoms with Crippen LogP contribution in [0.15, 0.2) is 34.3 Å². The summed E-state index contributed by atoms with van der Waals surface area (Å²) in [7, 11) is 2.17. The molecule has 0 spiro atoms. The maximum Gasteiger partial charge on any atom is 0.0478 e. The minimum Gasteiger partial charge on any atom is -0.329 e. The topological polar surface area (TPSA) is 29.3 Å². The first-order valence-electron chi connectivity index (χ1n) is 6.19. The molecule has 2 atom stereocenters. The molecule has 2 aromatic heterocycles. The van der Waals surface area contributed by atoms with Crippen LogP contribution in [0.4, 0.5) is 0 Å². The van der Waals surface area contributed by atoms with E-state index in [1.807, 2.05) is 11.3 Å². The number of likely N-dealkylation sites (N-methyl/N-ethyl adjacent to an activating group) is 1. The summed E-state index contributed by atoms with van der Waals surface area (Å²) in [5.74, 6) is 0. The zero-order valence-corrected chi connectivity index (χ0v) is 12.5. The fourth-order valence-electron chi connectivity index (χ4n) is 2.17. The lowest BCUT2D eigenvalue weighted by Crippen LogP contribution is -2.37. The summed E-state index contributed by atoms with van der Waals surface area (Å²) >= 11 is 3.57. The Labute approximate surface area is 117 Å². The number of nitrogens with two attached hydrogens (primary N) is 1. The van der Waals surface area contributed by atoms with Crippen molar-refractivity contribution in [2.24, 2.45) is 5.73 Å². The molecule has 2 rings (SSSR count).